The number of carbonyl (C=O) groups is 2. The van der Waals surface area contributed by atoms with Crippen LogP contribution in [0.3, 0.4) is 0 Å². The molecule has 104 valence electrons. The van der Waals surface area contributed by atoms with Crippen molar-refractivity contribution in [2.45, 2.75) is 6.54 Å². The third-order valence-electron chi connectivity index (χ3n) is 2.57. The molecule has 0 aliphatic carbocycles. The summed E-state index contributed by atoms with van der Waals surface area (Å²) in [6.45, 7) is 0.176. The van der Waals surface area contributed by atoms with Gasteiger partial charge in [0.05, 0.1) is 6.54 Å². The lowest BCUT2D eigenvalue weighted by Crippen LogP contribution is -2.11. The highest BCUT2D eigenvalue weighted by atomic mass is 16.4. The minimum atomic E-state index is -1.29. The fourth-order valence-electron chi connectivity index (χ4n) is 1.59. The van der Waals surface area contributed by atoms with Crippen LogP contribution in [-0.2, 0) is 6.54 Å². The summed E-state index contributed by atoms with van der Waals surface area (Å²) < 4.78 is 5.17. The normalized spacial score (nSPS) is 10.2. The number of nitrogens with one attached hydrogen (secondary N) is 1. The van der Waals surface area contributed by atoms with E-state index in [-0.39, 0.29) is 29.3 Å². The highest BCUT2D eigenvalue weighted by molar-refractivity contribution is 6.03. The van der Waals surface area contributed by atoms with Gasteiger partial charge in [0.1, 0.15) is 17.1 Å². The average Bonchev–Trinajstić information content (AvgIpc) is 2.89. The third kappa shape index (κ3) is 2.78. The standard InChI is InChI=1S/C13H12N2O5/c14-6-8-2-4-11(20-8)12(17)15-7-1-3-10(16)9(5-7)13(18)19/h1-5,16H,6,14H2,(H,15,17)(H,18,19). The number of benzene rings is 1. The van der Waals surface area contributed by atoms with Gasteiger partial charge in [0.25, 0.3) is 5.91 Å². The summed E-state index contributed by atoms with van der Waals surface area (Å²) in [5.74, 6) is -1.67. The van der Waals surface area contributed by atoms with Gasteiger partial charge in [0.15, 0.2) is 5.76 Å². The third-order valence-corrected chi connectivity index (χ3v) is 2.57. The molecule has 1 aromatic heterocycles. The van der Waals surface area contributed by atoms with Crippen molar-refractivity contribution in [3.8, 4) is 5.75 Å². The molecule has 0 aliphatic rings. The summed E-state index contributed by atoms with van der Waals surface area (Å²) in [7, 11) is 0. The van der Waals surface area contributed by atoms with Crippen molar-refractivity contribution in [1.29, 1.82) is 0 Å². The molecule has 0 radical (unpaired) electrons. The number of nitrogens with two attached hydrogens (primary N) is 1. The fraction of sp³-hybridized carbons (Fsp3) is 0.0769. The van der Waals surface area contributed by atoms with Crippen LogP contribution in [0.15, 0.2) is 34.7 Å². The van der Waals surface area contributed by atoms with Gasteiger partial charge in [-0.2, -0.15) is 0 Å². The number of aromatic hydroxyl groups is 1. The van der Waals surface area contributed by atoms with Crippen molar-refractivity contribution in [3.05, 3.63) is 47.4 Å². The van der Waals surface area contributed by atoms with Crippen LogP contribution in [-0.4, -0.2) is 22.1 Å². The van der Waals surface area contributed by atoms with E-state index in [9.17, 15) is 14.7 Å². The zero-order chi connectivity index (χ0) is 14.7. The minimum absolute atomic E-state index is 0.0652. The molecule has 1 heterocycles. The van der Waals surface area contributed by atoms with Gasteiger partial charge in [-0.15, -0.1) is 0 Å². The molecule has 0 atom stereocenters. The van der Waals surface area contributed by atoms with Crippen LogP contribution >= 0.6 is 0 Å². The molecule has 7 nitrogen and oxygen atoms in total. The number of anilines is 1. The van der Waals surface area contributed by atoms with Crippen molar-refractivity contribution in [2.24, 2.45) is 5.73 Å². The first-order valence-electron chi connectivity index (χ1n) is 5.67. The van der Waals surface area contributed by atoms with Gasteiger partial charge in [-0.05, 0) is 30.3 Å². The first-order chi connectivity index (χ1) is 9.51. The number of carboxylic acid groups (broad SMARTS) is 1. The molecular formula is C13H12N2O5. The Hall–Kier alpha value is -2.80. The number of hydrogen-bond acceptors (Lipinski definition) is 5. The Balaban J connectivity index is 2.19. The average molecular weight is 276 g/mol. The number of amides is 1. The Morgan fingerprint density at radius 3 is 2.60 bits per heavy atom. The number of rotatable bonds is 4. The minimum Gasteiger partial charge on any atom is -0.507 e. The first kappa shape index (κ1) is 13.6. The number of phenols is 1. The second kappa shape index (κ2) is 5.45. The van der Waals surface area contributed by atoms with E-state index in [4.69, 9.17) is 15.3 Å². The van der Waals surface area contributed by atoms with E-state index in [1.54, 1.807) is 6.07 Å². The molecule has 0 unspecified atom stereocenters. The Morgan fingerprint density at radius 2 is 2.00 bits per heavy atom. The quantitative estimate of drug-likeness (QED) is 0.625. The van der Waals surface area contributed by atoms with Crippen LogP contribution in [0.25, 0.3) is 0 Å². The lowest BCUT2D eigenvalue weighted by molar-refractivity contribution is 0.0693. The first-order valence-corrected chi connectivity index (χ1v) is 5.67. The fourth-order valence-corrected chi connectivity index (χ4v) is 1.59. The maximum absolute atomic E-state index is 11.9. The van der Waals surface area contributed by atoms with Gasteiger partial charge >= 0.3 is 5.97 Å². The molecule has 5 N–H and O–H groups in total. The second-order valence-electron chi connectivity index (χ2n) is 3.96. The van der Waals surface area contributed by atoms with E-state index in [1.807, 2.05) is 0 Å². The van der Waals surface area contributed by atoms with Crippen LogP contribution in [0.2, 0.25) is 0 Å². The summed E-state index contributed by atoms with van der Waals surface area (Å²) in [4.78, 5) is 22.7. The molecule has 7 heteroatoms. The summed E-state index contributed by atoms with van der Waals surface area (Å²) in [6.07, 6.45) is 0. The van der Waals surface area contributed by atoms with Crippen molar-refractivity contribution < 1.29 is 24.2 Å². The van der Waals surface area contributed by atoms with Crippen LogP contribution in [0.1, 0.15) is 26.7 Å². The van der Waals surface area contributed by atoms with Crippen LogP contribution in [0.4, 0.5) is 5.69 Å². The summed E-state index contributed by atoms with van der Waals surface area (Å²) in [5, 5.41) is 20.7. The van der Waals surface area contributed by atoms with Crippen LogP contribution in [0.5, 0.6) is 5.75 Å². The molecule has 1 aromatic carbocycles. The number of furan rings is 1. The monoisotopic (exact) mass is 276 g/mol. The topological polar surface area (TPSA) is 126 Å². The highest BCUT2D eigenvalue weighted by Crippen LogP contribution is 2.22. The lowest BCUT2D eigenvalue weighted by Gasteiger charge is -2.05. The molecule has 2 rings (SSSR count). The van der Waals surface area contributed by atoms with Gasteiger partial charge in [0, 0.05) is 5.69 Å². The molecule has 0 aliphatic heterocycles. The van der Waals surface area contributed by atoms with Crippen LogP contribution in [0, 0.1) is 0 Å². The van der Waals surface area contributed by atoms with E-state index in [0.717, 1.165) is 6.07 Å². The predicted molar refractivity (Wildman–Crippen MR) is 69.6 cm³/mol. The molecule has 0 fully saturated rings. The van der Waals surface area contributed by atoms with E-state index in [2.05, 4.69) is 5.32 Å². The number of carbonyl (C=O) groups excluding carboxylic acids is 1. The van der Waals surface area contributed by atoms with Gasteiger partial charge in [-0.25, -0.2) is 4.79 Å². The molecule has 20 heavy (non-hydrogen) atoms. The van der Waals surface area contributed by atoms with E-state index < -0.39 is 11.9 Å². The SMILES string of the molecule is NCc1ccc(C(=O)Nc2ccc(O)c(C(=O)O)c2)o1. The van der Waals surface area contributed by atoms with Crippen molar-refractivity contribution in [2.75, 3.05) is 5.32 Å². The molecule has 2 aromatic rings. The lowest BCUT2D eigenvalue weighted by atomic mass is 10.2. The van der Waals surface area contributed by atoms with Crippen molar-refractivity contribution in [3.63, 3.8) is 0 Å². The van der Waals surface area contributed by atoms with Crippen LogP contribution < -0.4 is 11.1 Å². The Labute approximate surface area is 113 Å². The van der Waals surface area contributed by atoms with Gasteiger partial charge in [0.2, 0.25) is 0 Å². The molecule has 0 spiro atoms. The molecule has 1 amide bonds. The second-order valence-corrected chi connectivity index (χ2v) is 3.96. The zero-order valence-electron chi connectivity index (χ0n) is 10.3. The molecular weight excluding hydrogens is 264 g/mol. The Bertz CT molecular complexity index is 663. The molecule has 0 saturated carbocycles. The smallest absolute Gasteiger partial charge is 0.339 e. The maximum Gasteiger partial charge on any atom is 0.339 e. The Morgan fingerprint density at radius 1 is 1.25 bits per heavy atom. The van der Waals surface area contributed by atoms with Crippen molar-refractivity contribution >= 4 is 17.6 Å². The molecule has 0 saturated heterocycles. The summed E-state index contributed by atoms with van der Waals surface area (Å²) >= 11 is 0. The summed E-state index contributed by atoms with van der Waals surface area (Å²) in [6, 6.07) is 6.77. The van der Waals surface area contributed by atoms with Gasteiger partial charge in [-0.1, -0.05) is 0 Å². The largest absolute Gasteiger partial charge is 0.507 e. The number of aromatic carboxylic acids is 1. The van der Waals surface area contributed by atoms with E-state index in [0.29, 0.717) is 5.76 Å². The highest BCUT2D eigenvalue weighted by Gasteiger charge is 2.14. The number of hydrogen-bond donors (Lipinski definition) is 4. The van der Waals surface area contributed by atoms with E-state index >= 15 is 0 Å². The van der Waals surface area contributed by atoms with Gasteiger partial charge in [-0.3, -0.25) is 4.79 Å². The zero-order valence-corrected chi connectivity index (χ0v) is 10.3. The summed E-state index contributed by atoms with van der Waals surface area (Å²) in [5.41, 5.74) is 5.30. The predicted octanol–water partition coefficient (Wildman–Crippen LogP) is 1.39. The van der Waals surface area contributed by atoms with E-state index in [1.165, 1.54) is 18.2 Å². The number of carboxylic acids is 1. The molecule has 0 bridgehead atoms. The van der Waals surface area contributed by atoms with Gasteiger partial charge < -0.3 is 25.7 Å². The Kier molecular flexibility index (Phi) is 3.72. The maximum atomic E-state index is 11.9. The van der Waals surface area contributed by atoms with Crippen molar-refractivity contribution in [1.82, 2.24) is 0 Å².